The largest absolute Gasteiger partial charge is 0.207 e. The molecule has 1 heteroatoms. The van der Waals surface area contributed by atoms with Gasteiger partial charge in [-0.15, -0.1) is 0 Å². The quantitative estimate of drug-likeness (QED) is 0.702. The number of unbranched alkanes of at least 4 members (excludes halogenated alkanes) is 1. The van der Waals surface area contributed by atoms with Crippen molar-refractivity contribution in [3.8, 4) is 11.8 Å². The molecule has 0 bridgehead atoms. The summed E-state index contributed by atoms with van der Waals surface area (Å²) in [6, 6.07) is 14.6. The number of hydrogen-bond acceptors (Lipinski definition) is 0. The lowest BCUT2D eigenvalue weighted by Crippen LogP contribution is -1.84. The van der Waals surface area contributed by atoms with E-state index in [1.54, 1.807) is 12.1 Å². The lowest BCUT2D eigenvalue weighted by atomic mass is 10.1. The molecule has 19 heavy (non-hydrogen) atoms. The molecule has 0 aliphatic heterocycles. The summed E-state index contributed by atoms with van der Waals surface area (Å²) < 4.78 is 12.7. The van der Waals surface area contributed by atoms with E-state index in [1.165, 1.54) is 30.5 Å². The summed E-state index contributed by atoms with van der Waals surface area (Å²) in [7, 11) is 0. The first-order valence-corrected chi connectivity index (χ1v) is 6.64. The second-order valence-corrected chi connectivity index (χ2v) is 4.56. The topological polar surface area (TPSA) is 0 Å². The highest BCUT2D eigenvalue weighted by molar-refractivity contribution is 5.43. The van der Waals surface area contributed by atoms with Crippen molar-refractivity contribution in [2.45, 2.75) is 26.2 Å². The molecule has 2 aromatic carbocycles. The maximum atomic E-state index is 12.7. The van der Waals surface area contributed by atoms with Gasteiger partial charge < -0.3 is 0 Å². The lowest BCUT2D eigenvalue weighted by molar-refractivity contribution is 0.627. The van der Waals surface area contributed by atoms with Gasteiger partial charge in [0.15, 0.2) is 0 Å². The summed E-state index contributed by atoms with van der Waals surface area (Å²) in [5.74, 6) is 5.89. The molecule has 0 unspecified atom stereocenters. The Labute approximate surface area is 114 Å². The van der Waals surface area contributed by atoms with E-state index >= 15 is 0 Å². The highest BCUT2D eigenvalue weighted by atomic mass is 19.1. The average molecular weight is 252 g/mol. The molecule has 0 aliphatic rings. The van der Waals surface area contributed by atoms with Crippen LogP contribution in [0.25, 0.3) is 0 Å². The molecule has 0 radical (unpaired) electrons. The van der Waals surface area contributed by atoms with E-state index < -0.39 is 0 Å². The van der Waals surface area contributed by atoms with Crippen LogP contribution in [0.1, 0.15) is 36.5 Å². The molecule has 0 fully saturated rings. The van der Waals surface area contributed by atoms with Crippen LogP contribution in [-0.2, 0) is 6.42 Å². The van der Waals surface area contributed by atoms with Crippen molar-refractivity contribution in [2.75, 3.05) is 0 Å². The van der Waals surface area contributed by atoms with Gasteiger partial charge in [-0.3, -0.25) is 0 Å². The second kappa shape index (κ2) is 6.75. The van der Waals surface area contributed by atoms with Crippen molar-refractivity contribution < 1.29 is 4.39 Å². The minimum Gasteiger partial charge on any atom is -0.207 e. The second-order valence-electron chi connectivity index (χ2n) is 4.56. The van der Waals surface area contributed by atoms with Crippen molar-refractivity contribution in [2.24, 2.45) is 0 Å². The molecular weight excluding hydrogens is 235 g/mol. The van der Waals surface area contributed by atoms with Crippen molar-refractivity contribution in [1.29, 1.82) is 0 Å². The number of benzene rings is 2. The number of halogens is 1. The first kappa shape index (κ1) is 13.4. The number of hydrogen-bond donors (Lipinski definition) is 0. The third kappa shape index (κ3) is 4.26. The summed E-state index contributed by atoms with van der Waals surface area (Å²) >= 11 is 0. The minimum absolute atomic E-state index is 0.231. The van der Waals surface area contributed by atoms with E-state index in [0.717, 1.165) is 17.5 Å². The molecule has 0 saturated carbocycles. The first-order valence-electron chi connectivity index (χ1n) is 6.64. The third-order valence-electron chi connectivity index (χ3n) is 2.97. The molecular formula is C18H17F. The maximum absolute atomic E-state index is 12.7. The summed E-state index contributed by atoms with van der Waals surface area (Å²) in [5, 5.41) is 0. The van der Waals surface area contributed by atoms with Crippen LogP contribution in [0.15, 0.2) is 48.5 Å². The zero-order valence-corrected chi connectivity index (χ0v) is 11.1. The van der Waals surface area contributed by atoms with E-state index in [2.05, 4.69) is 30.9 Å². The fourth-order valence-corrected chi connectivity index (χ4v) is 1.81. The SMILES string of the molecule is CCCCc1ccc(C#Cc2ccc(F)cc2)cc1. The molecule has 0 amide bonds. The molecule has 0 N–H and O–H groups in total. The van der Waals surface area contributed by atoms with Crippen LogP contribution in [0.4, 0.5) is 4.39 Å². The van der Waals surface area contributed by atoms with Gasteiger partial charge in [0.05, 0.1) is 0 Å². The van der Waals surface area contributed by atoms with Gasteiger partial charge in [-0.2, -0.15) is 0 Å². The van der Waals surface area contributed by atoms with E-state index in [0.29, 0.717) is 0 Å². The Bertz CT molecular complexity index is 568. The standard InChI is InChI=1S/C18H17F/c1-2-3-4-15-5-7-16(8-6-15)9-10-17-11-13-18(19)14-12-17/h5-8,11-14H,2-4H2,1H3. The van der Waals surface area contributed by atoms with Crippen molar-refractivity contribution in [1.82, 2.24) is 0 Å². The van der Waals surface area contributed by atoms with Crippen molar-refractivity contribution in [3.05, 3.63) is 71.0 Å². The van der Waals surface area contributed by atoms with Crippen LogP contribution in [0.3, 0.4) is 0 Å². The first-order chi connectivity index (χ1) is 9.28. The van der Waals surface area contributed by atoms with Gasteiger partial charge in [0.1, 0.15) is 5.82 Å². The van der Waals surface area contributed by atoms with Gasteiger partial charge in [0.2, 0.25) is 0 Å². The molecule has 0 aromatic heterocycles. The van der Waals surface area contributed by atoms with Gasteiger partial charge in [0, 0.05) is 11.1 Å². The minimum atomic E-state index is -0.231. The third-order valence-corrected chi connectivity index (χ3v) is 2.97. The molecule has 2 rings (SSSR count). The van der Waals surface area contributed by atoms with Crippen molar-refractivity contribution in [3.63, 3.8) is 0 Å². The Hall–Kier alpha value is -2.07. The van der Waals surface area contributed by atoms with Gasteiger partial charge in [-0.25, -0.2) is 4.39 Å². The summed E-state index contributed by atoms with van der Waals surface area (Å²) in [6.07, 6.45) is 3.56. The Balaban J connectivity index is 2.05. The zero-order chi connectivity index (χ0) is 13.5. The zero-order valence-electron chi connectivity index (χ0n) is 11.1. The van der Waals surface area contributed by atoms with Crippen LogP contribution in [0.5, 0.6) is 0 Å². The Morgan fingerprint density at radius 1 is 0.842 bits per heavy atom. The van der Waals surface area contributed by atoms with Crippen LogP contribution in [-0.4, -0.2) is 0 Å². The Morgan fingerprint density at radius 2 is 1.37 bits per heavy atom. The number of aryl methyl sites for hydroxylation is 1. The predicted octanol–water partition coefficient (Wildman–Crippen LogP) is 4.57. The molecule has 2 aromatic rings. The average Bonchev–Trinajstić information content (AvgIpc) is 2.46. The summed E-state index contributed by atoms with van der Waals surface area (Å²) in [4.78, 5) is 0. The van der Waals surface area contributed by atoms with Gasteiger partial charge in [-0.05, 0) is 54.8 Å². The molecule has 0 aliphatic carbocycles. The van der Waals surface area contributed by atoms with Crippen LogP contribution >= 0.6 is 0 Å². The molecule has 0 heterocycles. The smallest absolute Gasteiger partial charge is 0.123 e. The van der Waals surface area contributed by atoms with Crippen molar-refractivity contribution >= 4 is 0 Å². The monoisotopic (exact) mass is 252 g/mol. The molecule has 0 atom stereocenters. The van der Waals surface area contributed by atoms with E-state index in [4.69, 9.17) is 0 Å². The number of rotatable bonds is 3. The Morgan fingerprint density at radius 3 is 1.89 bits per heavy atom. The molecule has 0 spiro atoms. The predicted molar refractivity (Wildman–Crippen MR) is 77.4 cm³/mol. The van der Waals surface area contributed by atoms with Gasteiger partial charge in [0.25, 0.3) is 0 Å². The van der Waals surface area contributed by atoms with E-state index in [1.807, 2.05) is 12.1 Å². The molecule has 0 saturated heterocycles. The van der Waals surface area contributed by atoms with E-state index in [9.17, 15) is 4.39 Å². The fourth-order valence-electron chi connectivity index (χ4n) is 1.81. The Kier molecular flexibility index (Phi) is 4.75. The van der Waals surface area contributed by atoms with E-state index in [-0.39, 0.29) is 5.82 Å². The lowest BCUT2D eigenvalue weighted by Gasteiger charge is -1.99. The fraction of sp³-hybridized carbons (Fsp3) is 0.222. The summed E-state index contributed by atoms with van der Waals surface area (Å²) in [6.45, 7) is 2.20. The molecule has 0 nitrogen and oxygen atoms in total. The van der Waals surface area contributed by atoms with Gasteiger partial charge in [-0.1, -0.05) is 37.3 Å². The van der Waals surface area contributed by atoms with Crippen LogP contribution in [0, 0.1) is 17.7 Å². The van der Waals surface area contributed by atoms with Crippen LogP contribution in [0.2, 0.25) is 0 Å². The maximum Gasteiger partial charge on any atom is 0.123 e. The normalized spacial score (nSPS) is 9.79. The summed E-state index contributed by atoms with van der Waals surface area (Å²) in [5.41, 5.74) is 3.18. The van der Waals surface area contributed by atoms with Gasteiger partial charge >= 0.3 is 0 Å². The molecule has 96 valence electrons. The highest BCUT2D eigenvalue weighted by Crippen LogP contribution is 2.07. The van der Waals surface area contributed by atoms with Crippen LogP contribution < -0.4 is 0 Å². The highest BCUT2D eigenvalue weighted by Gasteiger charge is 1.93.